The molecule has 0 fully saturated rings. The summed E-state index contributed by atoms with van der Waals surface area (Å²) in [7, 11) is 1.86. The van der Waals surface area contributed by atoms with Gasteiger partial charge in [0, 0.05) is 18.6 Å². The highest BCUT2D eigenvalue weighted by Crippen LogP contribution is 2.16. The smallest absolute Gasteiger partial charge is 0.202 e. The number of rotatable bonds is 3. The van der Waals surface area contributed by atoms with Crippen molar-refractivity contribution in [1.82, 2.24) is 24.1 Å². The zero-order chi connectivity index (χ0) is 9.97. The summed E-state index contributed by atoms with van der Waals surface area (Å²) in [5.74, 6) is 0.875. The van der Waals surface area contributed by atoms with E-state index in [0.717, 1.165) is 11.0 Å². The summed E-state index contributed by atoms with van der Waals surface area (Å²) in [4.78, 5) is 8.18. The highest BCUT2D eigenvalue weighted by molar-refractivity contribution is 7.09. The summed E-state index contributed by atoms with van der Waals surface area (Å²) in [5.41, 5.74) is 0. The summed E-state index contributed by atoms with van der Waals surface area (Å²) in [6.45, 7) is 2.01. The second kappa shape index (κ2) is 3.70. The van der Waals surface area contributed by atoms with Gasteiger partial charge in [0.05, 0.1) is 6.04 Å². The molecule has 1 N–H and O–H groups in total. The Bertz CT molecular complexity index is 394. The van der Waals surface area contributed by atoms with Gasteiger partial charge in [-0.1, -0.05) is 0 Å². The fourth-order valence-corrected chi connectivity index (χ4v) is 1.70. The standard InChI is InChI=1S/C7H10N6S/c1-5(6-8-3-10-13(6)2)12-7-9-4-11-14-7/h3-5H,1-2H3,(H,9,11,12). The second-order valence-electron chi connectivity index (χ2n) is 2.85. The van der Waals surface area contributed by atoms with Gasteiger partial charge >= 0.3 is 0 Å². The van der Waals surface area contributed by atoms with Gasteiger partial charge in [0.2, 0.25) is 5.13 Å². The van der Waals surface area contributed by atoms with Crippen molar-refractivity contribution < 1.29 is 0 Å². The van der Waals surface area contributed by atoms with Crippen LogP contribution in [-0.4, -0.2) is 24.1 Å². The average Bonchev–Trinajstić information content (AvgIpc) is 2.75. The van der Waals surface area contributed by atoms with Crippen LogP contribution in [0.4, 0.5) is 5.13 Å². The Hall–Kier alpha value is -1.50. The molecule has 0 saturated carbocycles. The van der Waals surface area contributed by atoms with E-state index in [-0.39, 0.29) is 6.04 Å². The minimum atomic E-state index is 0.0791. The van der Waals surface area contributed by atoms with Crippen LogP contribution in [0.25, 0.3) is 0 Å². The fourth-order valence-electron chi connectivity index (χ4n) is 1.18. The third kappa shape index (κ3) is 1.72. The molecule has 14 heavy (non-hydrogen) atoms. The molecule has 2 heterocycles. The Labute approximate surface area is 85.2 Å². The van der Waals surface area contributed by atoms with E-state index in [1.54, 1.807) is 4.68 Å². The molecule has 7 heteroatoms. The fraction of sp³-hybridized carbons (Fsp3) is 0.429. The lowest BCUT2D eigenvalue weighted by Gasteiger charge is -2.10. The zero-order valence-electron chi connectivity index (χ0n) is 7.88. The molecule has 0 bridgehead atoms. The largest absolute Gasteiger partial charge is 0.351 e. The normalized spacial score (nSPS) is 12.7. The molecule has 2 aromatic rings. The van der Waals surface area contributed by atoms with Crippen LogP contribution in [0.2, 0.25) is 0 Å². The minimum absolute atomic E-state index is 0.0791. The van der Waals surface area contributed by atoms with Gasteiger partial charge in [-0.05, 0) is 6.92 Å². The number of aryl methyl sites for hydroxylation is 1. The molecule has 0 aliphatic carbocycles. The van der Waals surface area contributed by atoms with Crippen molar-refractivity contribution >= 4 is 16.7 Å². The van der Waals surface area contributed by atoms with E-state index in [1.165, 1.54) is 24.2 Å². The molecule has 6 nitrogen and oxygen atoms in total. The Kier molecular flexibility index (Phi) is 2.40. The van der Waals surface area contributed by atoms with Crippen molar-refractivity contribution in [3.8, 4) is 0 Å². The molecule has 74 valence electrons. The van der Waals surface area contributed by atoms with Gasteiger partial charge in [0.1, 0.15) is 18.5 Å². The first-order valence-electron chi connectivity index (χ1n) is 4.14. The molecular weight excluding hydrogens is 200 g/mol. The molecule has 0 spiro atoms. The number of aromatic nitrogens is 5. The van der Waals surface area contributed by atoms with E-state index < -0.39 is 0 Å². The molecular formula is C7H10N6S. The zero-order valence-corrected chi connectivity index (χ0v) is 8.69. The van der Waals surface area contributed by atoms with E-state index in [9.17, 15) is 0 Å². The lowest BCUT2D eigenvalue weighted by atomic mass is 10.3. The first kappa shape index (κ1) is 9.07. The minimum Gasteiger partial charge on any atom is -0.351 e. The van der Waals surface area contributed by atoms with Crippen LogP contribution in [0.5, 0.6) is 0 Å². The van der Waals surface area contributed by atoms with E-state index >= 15 is 0 Å². The topological polar surface area (TPSA) is 68.5 Å². The molecule has 2 rings (SSSR count). The van der Waals surface area contributed by atoms with Crippen molar-refractivity contribution in [1.29, 1.82) is 0 Å². The van der Waals surface area contributed by atoms with E-state index in [0.29, 0.717) is 0 Å². The Balaban J connectivity index is 2.10. The van der Waals surface area contributed by atoms with Crippen LogP contribution in [0.1, 0.15) is 18.8 Å². The van der Waals surface area contributed by atoms with Crippen LogP contribution in [-0.2, 0) is 7.05 Å². The van der Waals surface area contributed by atoms with E-state index in [2.05, 4.69) is 24.8 Å². The summed E-state index contributed by atoms with van der Waals surface area (Å²) in [5, 5.41) is 7.98. The number of nitrogens with zero attached hydrogens (tertiary/aromatic N) is 5. The summed E-state index contributed by atoms with van der Waals surface area (Å²) < 4.78 is 5.64. The molecule has 0 aliphatic rings. The average molecular weight is 210 g/mol. The summed E-state index contributed by atoms with van der Waals surface area (Å²) >= 11 is 1.32. The van der Waals surface area contributed by atoms with Crippen molar-refractivity contribution in [2.24, 2.45) is 7.05 Å². The van der Waals surface area contributed by atoms with Crippen LogP contribution in [0.3, 0.4) is 0 Å². The van der Waals surface area contributed by atoms with Crippen LogP contribution in [0.15, 0.2) is 12.7 Å². The van der Waals surface area contributed by atoms with Gasteiger partial charge in [-0.15, -0.1) is 0 Å². The summed E-state index contributed by atoms with van der Waals surface area (Å²) in [6.07, 6.45) is 3.06. The number of nitrogens with one attached hydrogen (secondary N) is 1. The molecule has 0 aliphatic heterocycles. The third-order valence-corrected chi connectivity index (χ3v) is 2.43. The Morgan fingerprint density at radius 3 is 2.86 bits per heavy atom. The quantitative estimate of drug-likeness (QED) is 0.813. The van der Waals surface area contributed by atoms with Gasteiger partial charge in [-0.25, -0.2) is 9.97 Å². The van der Waals surface area contributed by atoms with Gasteiger partial charge in [0.15, 0.2) is 0 Å². The van der Waals surface area contributed by atoms with Gasteiger partial charge in [-0.3, -0.25) is 4.68 Å². The molecule has 1 atom stereocenters. The van der Waals surface area contributed by atoms with Crippen molar-refractivity contribution in [2.75, 3.05) is 5.32 Å². The number of hydrogen-bond acceptors (Lipinski definition) is 6. The maximum absolute atomic E-state index is 4.14. The monoisotopic (exact) mass is 210 g/mol. The highest BCUT2D eigenvalue weighted by Gasteiger charge is 2.11. The molecule has 0 aromatic carbocycles. The van der Waals surface area contributed by atoms with Gasteiger partial charge in [-0.2, -0.15) is 9.47 Å². The first-order chi connectivity index (χ1) is 6.77. The molecule has 2 aromatic heterocycles. The van der Waals surface area contributed by atoms with Gasteiger partial charge in [0.25, 0.3) is 0 Å². The first-order valence-corrected chi connectivity index (χ1v) is 4.92. The Morgan fingerprint density at radius 1 is 1.43 bits per heavy atom. The lowest BCUT2D eigenvalue weighted by Crippen LogP contribution is -2.12. The molecule has 0 radical (unpaired) electrons. The van der Waals surface area contributed by atoms with E-state index in [4.69, 9.17) is 0 Å². The van der Waals surface area contributed by atoms with Crippen molar-refractivity contribution in [2.45, 2.75) is 13.0 Å². The van der Waals surface area contributed by atoms with Crippen LogP contribution >= 0.6 is 11.5 Å². The molecule has 1 unspecified atom stereocenters. The maximum Gasteiger partial charge on any atom is 0.202 e. The van der Waals surface area contributed by atoms with E-state index in [1.807, 2.05) is 14.0 Å². The van der Waals surface area contributed by atoms with Crippen molar-refractivity contribution in [3.05, 3.63) is 18.5 Å². The summed E-state index contributed by atoms with van der Waals surface area (Å²) in [6, 6.07) is 0.0791. The second-order valence-corrected chi connectivity index (χ2v) is 3.63. The lowest BCUT2D eigenvalue weighted by molar-refractivity contribution is 0.661. The number of hydrogen-bond donors (Lipinski definition) is 1. The third-order valence-electron chi connectivity index (χ3n) is 1.83. The number of anilines is 1. The van der Waals surface area contributed by atoms with Crippen LogP contribution < -0.4 is 5.32 Å². The Morgan fingerprint density at radius 2 is 2.29 bits per heavy atom. The maximum atomic E-state index is 4.14. The van der Waals surface area contributed by atoms with Crippen LogP contribution in [0, 0.1) is 0 Å². The van der Waals surface area contributed by atoms with Crippen molar-refractivity contribution in [3.63, 3.8) is 0 Å². The predicted molar refractivity (Wildman–Crippen MR) is 52.9 cm³/mol. The predicted octanol–water partition coefficient (Wildman–Crippen LogP) is 0.840. The van der Waals surface area contributed by atoms with Gasteiger partial charge < -0.3 is 5.32 Å². The molecule has 0 amide bonds. The molecule has 0 saturated heterocycles. The SMILES string of the molecule is CC(Nc1ncns1)c1ncnn1C. The highest BCUT2D eigenvalue weighted by atomic mass is 32.1.